The summed E-state index contributed by atoms with van der Waals surface area (Å²) in [6.45, 7) is 5.21. The molecule has 1 aliphatic heterocycles. The van der Waals surface area contributed by atoms with Gasteiger partial charge >= 0.3 is 0 Å². The number of hydrogen-bond acceptors (Lipinski definition) is 5. The summed E-state index contributed by atoms with van der Waals surface area (Å²) >= 11 is 0. The highest BCUT2D eigenvalue weighted by Gasteiger charge is 2.22. The number of amides is 1. The molecule has 0 radical (unpaired) electrons. The van der Waals surface area contributed by atoms with Crippen molar-refractivity contribution >= 4 is 27.3 Å². The van der Waals surface area contributed by atoms with Gasteiger partial charge in [-0.05, 0) is 63.3 Å². The van der Waals surface area contributed by atoms with E-state index in [-0.39, 0.29) is 17.0 Å². The smallest absolute Gasteiger partial charge is 0.261 e. The number of nitrogens with one attached hydrogen (secondary N) is 2. The lowest BCUT2D eigenvalue weighted by atomic mass is 10.1. The zero-order valence-electron chi connectivity index (χ0n) is 20.5. The summed E-state index contributed by atoms with van der Waals surface area (Å²) in [6.07, 6.45) is 0.936. The molecule has 3 aromatic rings. The van der Waals surface area contributed by atoms with Gasteiger partial charge in [0.15, 0.2) is 0 Å². The second kappa shape index (κ2) is 11.1. The van der Waals surface area contributed by atoms with Gasteiger partial charge in [0, 0.05) is 37.3 Å². The first-order valence-corrected chi connectivity index (χ1v) is 13.4. The van der Waals surface area contributed by atoms with Crippen LogP contribution in [0.2, 0.25) is 0 Å². The molecular weight excluding hydrogens is 479 g/mol. The van der Waals surface area contributed by atoms with Crippen molar-refractivity contribution in [3.63, 3.8) is 0 Å². The quantitative estimate of drug-likeness (QED) is 0.502. The van der Waals surface area contributed by atoms with E-state index in [0.717, 1.165) is 38.2 Å². The minimum Gasteiger partial charge on any atom is -0.369 e. The SMILES string of the molecule is Cc1ccc(S(=O)(=O)Nc2cc(C(=O)NCc3ccccc3F)ccc2N2CCCN(C)CC2)cc1. The summed E-state index contributed by atoms with van der Waals surface area (Å²) in [4.78, 5) is 17.4. The highest BCUT2D eigenvalue weighted by atomic mass is 32.2. The molecule has 0 spiro atoms. The Balaban J connectivity index is 1.63. The molecule has 0 atom stereocenters. The number of nitrogens with zero attached hydrogens (tertiary/aromatic N) is 2. The maximum Gasteiger partial charge on any atom is 0.261 e. The fourth-order valence-electron chi connectivity index (χ4n) is 4.16. The Hall–Kier alpha value is -3.43. The van der Waals surface area contributed by atoms with Crippen LogP contribution in [0.4, 0.5) is 15.8 Å². The standard InChI is InChI=1S/C27H31FN4O3S/c1-20-8-11-23(12-9-20)36(34,35)30-25-18-21(27(33)29-19-22-6-3-4-7-24(22)28)10-13-26(25)32-15-5-14-31(2)16-17-32/h3-4,6-13,18,30H,5,14-17,19H2,1-2H3,(H,29,33). The fourth-order valence-corrected chi connectivity index (χ4v) is 5.23. The minimum absolute atomic E-state index is 0.0240. The molecule has 36 heavy (non-hydrogen) atoms. The molecule has 0 saturated carbocycles. The molecule has 1 heterocycles. The van der Waals surface area contributed by atoms with E-state index in [1.54, 1.807) is 60.7 Å². The number of halogens is 1. The van der Waals surface area contributed by atoms with Gasteiger partial charge in [-0.15, -0.1) is 0 Å². The third kappa shape index (κ3) is 6.22. The largest absolute Gasteiger partial charge is 0.369 e. The Morgan fingerprint density at radius 3 is 2.47 bits per heavy atom. The van der Waals surface area contributed by atoms with Crippen molar-refractivity contribution in [2.75, 3.05) is 42.8 Å². The van der Waals surface area contributed by atoms with Gasteiger partial charge in [-0.3, -0.25) is 9.52 Å². The van der Waals surface area contributed by atoms with Crippen LogP contribution in [0.3, 0.4) is 0 Å². The molecule has 4 rings (SSSR count). The van der Waals surface area contributed by atoms with Crippen molar-refractivity contribution in [1.82, 2.24) is 10.2 Å². The first-order valence-electron chi connectivity index (χ1n) is 11.9. The molecule has 7 nitrogen and oxygen atoms in total. The first kappa shape index (κ1) is 25.7. The summed E-state index contributed by atoms with van der Waals surface area (Å²) < 4.78 is 43.1. The van der Waals surface area contributed by atoms with Crippen molar-refractivity contribution in [2.24, 2.45) is 0 Å². The van der Waals surface area contributed by atoms with E-state index in [2.05, 4.69) is 26.9 Å². The van der Waals surface area contributed by atoms with Crippen LogP contribution in [-0.4, -0.2) is 52.5 Å². The predicted molar refractivity (Wildman–Crippen MR) is 140 cm³/mol. The molecule has 1 saturated heterocycles. The lowest BCUT2D eigenvalue weighted by Crippen LogP contribution is -2.30. The third-order valence-electron chi connectivity index (χ3n) is 6.29. The van der Waals surface area contributed by atoms with Crippen LogP contribution in [-0.2, 0) is 16.6 Å². The Bertz CT molecular complexity index is 1330. The van der Waals surface area contributed by atoms with Crippen molar-refractivity contribution in [3.8, 4) is 0 Å². The van der Waals surface area contributed by atoms with Gasteiger partial charge in [0.1, 0.15) is 5.82 Å². The lowest BCUT2D eigenvalue weighted by Gasteiger charge is -2.26. The molecule has 190 valence electrons. The highest BCUT2D eigenvalue weighted by Crippen LogP contribution is 2.30. The van der Waals surface area contributed by atoms with Crippen LogP contribution in [0.25, 0.3) is 0 Å². The van der Waals surface area contributed by atoms with Gasteiger partial charge < -0.3 is 15.1 Å². The second-order valence-corrected chi connectivity index (χ2v) is 10.8. The normalized spacial score (nSPS) is 14.8. The number of benzene rings is 3. The zero-order chi connectivity index (χ0) is 25.7. The van der Waals surface area contributed by atoms with Gasteiger partial charge in [-0.25, -0.2) is 12.8 Å². The van der Waals surface area contributed by atoms with Gasteiger partial charge in [0.25, 0.3) is 15.9 Å². The Morgan fingerprint density at radius 1 is 0.972 bits per heavy atom. The van der Waals surface area contributed by atoms with Gasteiger partial charge in [-0.2, -0.15) is 0 Å². The predicted octanol–water partition coefficient (Wildman–Crippen LogP) is 4.01. The van der Waals surface area contributed by atoms with Crippen molar-refractivity contribution < 1.29 is 17.6 Å². The molecule has 1 fully saturated rings. The fraction of sp³-hybridized carbons (Fsp3) is 0.296. The number of anilines is 2. The van der Waals surface area contributed by atoms with Crippen LogP contribution in [0.15, 0.2) is 71.6 Å². The molecule has 0 unspecified atom stereocenters. The van der Waals surface area contributed by atoms with E-state index in [0.29, 0.717) is 16.9 Å². The number of hydrogen-bond donors (Lipinski definition) is 2. The van der Waals surface area contributed by atoms with E-state index in [1.165, 1.54) is 6.07 Å². The molecule has 0 aromatic heterocycles. The lowest BCUT2D eigenvalue weighted by molar-refractivity contribution is 0.0950. The second-order valence-electron chi connectivity index (χ2n) is 9.07. The number of sulfonamides is 1. The molecule has 1 amide bonds. The summed E-state index contributed by atoms with van der Waals surface area (Å²) in [7, 11) is -1.82. The summed E-state index contributed by atoms with van der Waals surface area (Å²) in [5.41, 5.74) is 2.65. The van der Waals surface area contributed by atoms with Crippen LogP contribution in [0, 0.1) is 12.7 Å². The Kier molecular flexibility index (Phi) is 7.91. The number of aryl methyl sites for hydroxylation is 1. The Morgan fingerprint density at radius 2 is 1.72 bits per heavy atom. The van der Waals surface area contributed by atoms with E-state index in [1.807, 2.05) is 6.92 Å². The first-order chi connectivity index (χ1) is 17.2. The maximum atomic E-state index is 14.0. The molecule has 3 aromatic carbocycles. The topological polar surface area (TPSA) is 81.7 Å². The van der Waals surface area contributed by atoms with Gasteiger partial charge in [0.05, 0.1) is 16.3 Å². The number of carbonyl (C=O) groups excluding carboxylic acids is 1. The van der Waals surface area contributed by atoms with Crippen molar-refractivity contribution in [1.29, 1.82) is 0 Å². The monoisotopic (exact) mass is 510 g/mol. The molecule has 9 heteroatoms. The van der Waals surface area contributed by atoms with E-state index in [4.69, 9.17) is 0 Å². The Labute approximate surface area is 212 Å². The summed E-state index contributed by atoms with van der Waals surface area (Å²) in [6, 6.07) is 17.8. The average molecular weight is 511 g/mol. The van der Waals surface area contributed by atoms with Crippen molar-refractivity contribution in [3.05, 3.63) is 89.2 Å². The van der Waals surface area contributed by atoms with E-state index in [9.17, 15) is 17.6 Å². The van der Waals surface area contributed by atoms with Gasteiger partial charge in [0.2, 0.25) is 0 Å². The maximum absolute atomic E-state index is 14.0. The molecule has 0 bridgehead atoms. The highest BCUT2D eigenvalue weighted by molar-refractivity contribution is 7.92. The third-order valence-corrected chi connectivity index (χ3v) is 7.67. The minimum atomic E-state index is -3.88. The number of carbonyl (C=O) groups is 1. The number of rotatable bonds is 7. The van der Waals surface area contributed by atoms with E-state index < -0.39 is 21.7 Å². The van der Waals surface area contributed by atoms with Crippen molar-refractivity contribution in [2.45, 2.75) is 24.8 Å². The molecular formula is C27H31FN4O3S. The molecule has 2 N–H and O–H groups in total. The van der Waals surface area contributed by atoms with Crippen LogP contribution in [0.1, 0.15) is 27.9 Å². The van der Waals surface area contributed by atoms with Gasteiger partial charge in [-0.1, -0.05) is 35.9 Å². The molecule has 0 aliphatic carbocycles. The van der Waals surface area contributed by atoms with E-state index >= 15 is 0 Å². The van der Waals surface area contributed by atoms with Crippen LogP contribution in [0.5, 0.6) is 0 Å². The van der Waals surface area contributed by atoms with Crippen LogP contribution < -0.4 is 14.9 Å². The zero-order valence-corrected chi connectivity index (χ0v) is 21.3. The summed E-state index contributed by atoms with van der Waals surface area (Å²) in [5.74, 6) is -0.818. The molecule has 1 aliphatic rings. The summed E-state index contributed by atoms with van der Waals surface area (Å²) in [5, 5.41) is 2.72. The van der Waals surface area contributed by atoms with Crippen LogP contribution >= 0.6 is 0 Å². The average Bonchev–Trinajstić information content (AvgIpc) is 3.07. The number of likely N-dealkylation sites (N-methyl/N-ethyl adjacent to an activating group) is 1.